The first-order valence-electron chi connectivity index (χ1n) is 19.8. The van der Waals surface area contributed by atoms with Crippen molar-refractivity contribution >= 4 is 41.5 Å². The van der Waals surface area contributed by atoms with Crippen molar-refractivity contribution in [2.45, 2.75) is 107 Å². The molecule has 0 aromatic carbocycles. The van der Waals surface area contributed by atoms with Crippen molar-refractivity contribution in [2.75, 3.05) is 13.7 Å². The number of ether oxygens (including phenoxy) is 2. The van der Waals surface area contributed by atoms with Crippen LogP contribution in [0.3, 0.4) is 0 Å². The number of fused-ring (bicyclic) bond motifs is 7. The molecule has 3 aromatic heterocycles. The summed E-state index contributed by atoms with van der Waals surface area (Å²) < 4.78 is 11.0. The molecular formula is C45H58N4O5. The van der Waals surface area contributed by atoms with E-state index in [1.54, 1.807) is 0 Å². The fourth-order valence-corrected chi connectivity index (χ4v) is 8.74. The number of hydrogen-bond donors (Lipinski definition) is 4. The number of aromatic nitrogens is 3. The van der Waals surface area contributed by atoms with Crippen molar-refractivity contribution < 1.29 is 23.9 Å². The number of allylic oxidation sites excluding steroid dienone is 3. The quantitative estimate of drug-likeness (QED) is 0.0874. The second kappa shape index (κ2) is 15.9. The van der Waals surface area contributed by atoms with Crippen molar-refractivity contribution in [3.63, 3.8) is 0 Å². The Bertz CT molecular complexity index is 2200. The first kappa shape index (κ1) is 38.9. The normalized spacial score (nSPS) is 22.7. The number of H-pyrrole nitrogens is 3. The van der Waals surface area contributed by atoms with Gasteiger partial charge in [0.2, 0.25) is 0 Å². The molecule has 3 aromatic rings. The smallest absolute Gasteiger partial charge is 0.321 e. The zero-order valence-electron chi connectivity index (χ0n) is 33.8. The molecule has 1 saturated heterocycles. The van der Waals surface area contributed by atoms with Gasteiger partial charge in [0, 0.05) is 68.6 Å². The molecule has 3 atom stereocenters. The van der Waals surface area contributed by atoms with Gasteiger partial charge in [-0.15, -0.1) is 0 Å². The molecule has 1 aliphatic carbocycles. The molecule has 2 aliphatic heterocycles. The second-order valence-electron chi connectivity index (χ2n) is 15.8. The van der Waals surface area contributed by atoms with Crippen LogP contribution in [0.15, 0.2) is 23.0 Å². The van der Waals surface area contributed by atoms with Gasteiger partial charge in [0.15, 0.2) is 5.78 Å². The highest BCUT2D eigenvalue weighted by atomic mass is 16.5. The van der Waals surface area contributed by atoms with Gasteiger partial charge < -0.3 is 29.7 Å². The number of Topliss-reactive ketones (excluding diaryl/α,β-unsaturated/α-hetero) is 1. The van der Waals surface area contributed by atoms with Crippen molar-refractivity contribution in [3.05, 3.63) is 89.9 Å². The topological polar surface area (TPSA) is 129 Å². The Morgan fingerprint density at radius 3 is 2.28 bits per heavy atom. The molecular weight excluding hydrogens is 677 g/mol. The predicted octanol–water partition coefficient (Wildman–Crippen LogP) is 7.38. The van der Waals surface area contributed by atoms with Gasteiger partial charge in [-0.3, -0.25) is 14.4 Å². The highest BCUT2D eigenvalue weighted by molar-refractivity contribution is 6.24. The largest absolute Gasteiger partial charge is 0.468 e. The molecule has 0 unspecified atom stereocenters. The molecule has 8 bridgehead atoms. The minimum Gasteiger partial charge on any atom is -0.468 e. The number of esters is 2. The molecule has 6 rings (SSSR count). The summed E-state index contributed by atoms with van der Waals surface area (Å²) in [5, 5.41) is 5.73. The monoisotopic (exact) mass is 734 g/mol. The highest BCUT2D eigenvalue weighted by Crippen LogP contribution is 2.48. The van der Waals surface area contributed by atoms with E-state index in [0.717, 1.165) is 70.4 Å². The highest BCUT2D eigenvalue weighted by Gasteiger charge is 2.48. The molecule has 0 amide bonds. The van der Waals surface area contributed by atoms with Crippen LogP contribution < -0.4 is 16.0 Å². The minimum atomic E-state index is -1.12. The van der Waals surface area contributed by atoms with Crippen molar-refractivity contribution in [3.8, 4) is 0 Å². The number of nitrogens with one attached hydrogen (secondary N) is 4. The predicted molar refractivity (Wildman–Crippen MR) is 215 cm³/mol. The van der Waals surface area contributed by atoms with Crippen LogP contribution in [0.2, 0.25) is 0 Å². The van der Waals surface area contributed by atoms with Gasteiger partial charge in [0.25, 0.3) is 0 Å². The zero-order chi connectivity index (χ0) is 39.0. The standard InChI is InChI=1S/C45H58N4O5/c1-11-29-25(6)32-20-34-27(8)31(16-17-38(50)54-19-18-24(5)15-13-14-23(3)4)42(48-34)40-41(45(52)53-10)44(51)39-28(9)35(49-43(39)40)22-37-30(12-2)26(7)33(47-37)21-36(29)46-32/h18,20-23,27,31,41,46-49H,11-17,19H2,1-10H3/b24-18-,33-21-,34-20-,37-22-,42-40-/t27-,31-,41+/m0/s1. The molecule has 288 valence electrons. The summed E-state index contributed by atoms with van der Waals surface area (Å²) in [6.07, 6.45) is 14.1. The number of ketones is 1. The van der Waals surface area contributed by atoms with E-state index in [2.05, 4.69) is 93.9 Å². The second-order valence-corrected chi connectivity index (χ2v) is 15.8. The minimum absolute atomic E-state index is 0.0567. The third-order valence-electron chi connectivity index (χ3n) is 12.0. The van der Waals surface area contributed by atoms with Crippen LogP contribution in [-0.2, 0) is 31.9 Å². The molecule has 5 heterocycles. The van der Waals surface area contributed by atoms with Gasteiger partial charge in [-0.1, -0.05) is 46.6 Å². The molecule has 9 heteroatoms. The summed E-state index contributed by atoms with van der Waals surface area (Å²) >= 11 is 0. The fraction of sp³-hybridized carbons (Fsp3) is 0.489. The summed E-state index contributed by atoms with van der Waals surface area (Å²) in [6.45, 7) is 19.5. The maximum absolute atomic E-state index is 14.3. The van der Waals surface area contributed by atoms with Crippen LogP contribution in [0.25, 0.3) is 23.8 Å². The SMILES string of the molecule is CCc1c2[nH]c(c1C)/C=C1\N/C(=C3\c4[nH]c(c(C)c4C(=O)[C@@H]3C(=O)OC)/C=c3\[nH]/c(c(C)c3CC)=C\2)[C@@H](CCC(=O)OC/C=C(/C)CCCC(C)C)[C@@H]1C. The van der Waals surface area contributed by atoms with Crippen molar-refractivity contribution in [1.82, 2.24) is 20.3 Å². The number of methoxy groups -OCH3 is 1. The molecule has 0 spiro atoms. The number of rotatable bonds is 12. The average Bonchev–Trinajstić information content (AvgIpc) is 3.87. The third kappa shape index (κ3) is 7.21. The maximum Gasteiger partial charge on any atom is 0.321 e. The number of carbonyl (C=O) groups excluding carboxylic acids is 3. The van der Waals surface area contributed by atoms with Crippen LogP contribution in [0.4, 0.5) is 0 Å². The summed E-state index contributed by atoms with van der Waals surface area (Å²) in [4.78, 5) is 52.0. The van der Waals surface area contributed by atoms with E-state index >= 15 is 0 Å². The van der Waals surface area contributed by atoms with Crippen LogP contribution in [-0.4, -0.2) is 46.4 Å². The van der Waals surface area contributed by atoms with E-state index in [0.29, 0.717) is 29.2 Å². The summed E-state index contributed by atoms with van der Waals surface area (Å²) in [5.74, 6) is -1.85. The molecule has 1 fully saturated rings. The van der Waals surface area contributed by atoms with E-state index in [4.69, 9.17) is 9.47 Å². The third-order valence-corrected chi connectivity index (χ3v) is 12.0. The lowest BCUT2D eigenvalue weighted by Gasteiger charge is -2.19. The van der Waals surface area contributed by atoms with E-state index < -0.39 is 11.9 Å². The lowest BCUT2D eigenvalue weighted by molar-refractivity contribution is -0.143. The summed E-state index contributed by atoms with van der Waals surface area (Å²) in [5.41, 5.74) is 13.2. The van der Waals surface area contributed by atoms with E-state index in [9.17, 15) is 14.4 Å². The Morgan fingerprint density at radius 2 is 1.59 bits per heavy atom. The van der Waals surface area contributed by atoms with Crippen molar-refractivity contribution in [2.24, 2.45) is 23.7 Å². The van der Waals surface area contributed by atoms with Crippen LogP contribution in [0.5, 0.6) is 0 Å². The lowest BCUT2D eigenvalue weighted by atomic mass is 9.85. The van der Waals surface area contributed by atoms with Crippen LogP contribution in [0.1, 0.15) is 135 Å². The zero-order valence-corrected chi connectivity index (χ0v) is 33.8. The summed E-state index contributed by atoms with van der Waals surface area (Å²) in [7, 11) is 1.32. The molecule has 54 heavy (non-hydrogen) atoms. The molecule has 4 N–H and O–H groups in total. The van der Waals surface area contributed by atoms with Crippen molar-refractivity contribution in [1.29, 1.82) is 0 Å². The van der Waals surface area contributed by atoms with E-state index in [-0.39, 0.29) is 36.6 Å². The molecule has 0 saturated carbocycles. The molecule has 0 radical (unpaired) electrons. The molecule has 3 aliphatic rings. The van der Waals surface area contributed by atoms with Crippen LogP contribution >= 0.6 is 0 Å². The first-order valence-corrected chi connectivity index (χ1v) is 19.8. The maximum atomic E-state index is 14.3. The van der Waals surface area contributed by atoms with Gasteiger partial charge in [-0.25, -0.2) is 0 Å². The summed E-state index contributed by atoms with van der Waals surface area (Å²) in [6, 6.07) is 0. The number of carbonyl (C=O) groups is 3. The number of aromatic amines is 3. The van der Waals surface area contributed by atoms with E-state index in [1.165, 1.54) is 41.4 Å². The van der Waals surface area contributed by atoms with E-state index in [1.807, 2.05) is 13.0 Å². The Kier molecular flexibility index (Phi) is 11.5. The Hall–Kier alpha value is -4.79. The van der Waals surface area contributed by atoms with Gasteiger partial charge in [0.05, 0.1) is 12.8 Å². The van der Waals surface area contributed by atoms with Gasteiger partial charge in [-0.05, 0) is 118 Å². The Labute approximate surface area is 319 Å². The van der Waals surface area contributed by atoms with Gasteiger partial charge in [-0.2, -0.15) is 0 Å². The Balaban J connectivity index is 1.47. The average molecular weight is 735 g/mol. The lowest BCUT2D eigenvalue weighted by Crippen LogP contribution is -2.25. The van der Waals surface area contributed by atoms with Gasteiger partial charge >= 0.3 is 11.9 Å². The van der Waals surface area contributed by atoms with Crippen LogP contribution in [0, 0.1) is 44.4 Å². The molecule has 9 nitrogen and oxygen atoms in total. The number of hydrogen-bond acceptors (Lipinski definition) is 6. The van der Waals surface area contributed by atoms with Gasteiger partial charge in [0.1, 0.15) is 12.5 Å². The Morgan fingerprint density at radius 1 is 0.889 bits per heavy atom. The fourth-order valence-electron chi connectivity index (χ4n) is 8.74. The first-order chi connectivity index (χ1) is 25.8.